The van der Waals surface area contributed by atoms with Crippen LogP contribution in [0.4, 0.5) is 5.69 Å². The van der Waals surface area contributed by atoms with Gasteiger partial charge in [0.15, 0.2) is 0 Å². The van der Waals surface area contributed by atoms with Crippen molar-refractivity contribution in [1.82, 2.24) is 9.88 Å². The van der Waals surface area contributed by atoms with Crippen molar-refractivity contribution in [2.75, 3.05) is 20.2 Å². The van der Waals surface area contributed by atoms with Gasteiger partial charge in [0.2, 0.25) is 0 Å². The molecule has 0 radical (unpaired) electrons. The van der Waals surface area contributed by atoms with E-state index in [-0.39, 0.29) is 28.0 Å². The topological polar surface area (TPSA) is 88.5 Å². The molecule has 0 aliphatic carbocycles. The number of nitrogens with one attached hydrogen (secondary N) is 1. The van der Waals surface area contributed by atoms with Gasteiger partial charge in [0, 0.05) is 36.2 Å². The van der Waals surface area contributed by atoms with E-state index in [1.54, 1.807) is 12.1 Å². The zero-order chi connectivity index (χ0) is 19.9. The molecule has 2 atom stereocenters. The Hall–Kier alpha value is -2.41. The summed E-state index contributed by atoms with van der Waals surface area (Å²) in [5.74, 6) is -0.159. The number of nitrogens with zero attached hydrogens (tertiary/aromatic N) is 2. The number of nitro groups is 1. The number of non-ortho nitro benzene ring substituents is 1. The number of benzene rings is 1. The lowest BCUT2D eigenvalue weighted by Crippen LogP contribution is -2.49. The van der Waals surface area contributed by atoms with Crippen molar-refractivity contribution in [3.05, 3.63) is 39.6 Å². The summed E-state index contributed by atoms with van der Waals surface area (Å²) in [4.78, 5) is 28.8. The summed E-state index contributed by atoms with van der Waals surface area (Å²) < 4.78 is 4.90. The van der Waals surface area contributed by atoms with Crippen LogP contribution in [0.1, 0.15) is 56.3 Å². The molecule has 2 aliphatic heterocycles. The first-order valence-corrected chi connectivity index (χ1v) is 10.1. The summed E-state index contributed by atoms with van der Waals surface area (Å²) in [5.41, 5.74) is 3.43. The monoisotopic (exact) mass is 385 g/mol. The number of esters is 1. The molecule has 7 nitrogen and oxygen atoms in total. The Kier molecular flexibility index (Phi) is 4.87. The predicted octanol–water partition coefficient (Wildman–Crippen LogP) is 4.12. The van der Waals surface area contributed by atoms with Gasteiger partial charge in [-0.3, -0.25) is 19.8 Å². The number of methoxy groups -OCH3 is 1. The Balaban J connectivity index is 1.79. The highest BCUT2D eigenvalue weighted by molar-refractivity contribution is 5.87. The molecule has 0 saturated carbocycles. The second kappa shape index (κ2) is 7.20. The van der Waals surface area contributed by atoms with Gasteiger partial charge >= 0.3 is 5.97 Å². The van der Waals surface area contributed by atoms with E-state index < -0.39 is 0 Å². The lowest BCUT2D eigenvalue weighted by Gasteiger charge is -2.52. The zero-order valence-electron chi connectivity index (χ0n) is 16.5. The zero-order valence-corrected chi connectivity index (χ0v) is 16.5. The van der Waals surface area contributed by atoms with E-state index in [1.807, 2.05) is 6.07 Å². The summed E-state index contributed by atoms with van der Waals surface area (Å²) >= 11 is 0. The number of carbonyl (C=O) groups excluding carboxylic acids is 1. The summed E-state index contributed by atoms with van der Waals surface area (Å²) in [6.07, 6.45) is 5.37. The Morgan fingerprint density at radius 3 is 2.96 bits per heavy atom. The molecule has 1 fully saturated rings. The van der Waals surface area contributed by atoms with Crippen molar-refractivity contribution < 1.29 is 14.5 Å². The molecule has 150 valence electrons. The minimum atomic E-state index is -0.348. The van der Waals surface area contributed by atoms with Crippen molar-refractivity contribution in [2.24, 2.45) is 5.41 Å². The van der Waals surface area contributed by atoms with Crippen LogP contribution < -0.4 is 0 Å². The van der Waals surface area contributed by atoms with Crippen LogP contribution in [0, 0.1) is 15.5 Å². The van der Waals surface area contributed by atoms with Gasteiger partial charge in [-0.1, -0.05) is 6.92 Å². The van der Waals surface area contributed by atoms with E-state index in [4.69, 9.17) is 4.74 Å². The Labute approximate surface area is 164 Å². The molecule has 28 heavy (non-hydrogen) atoms. The number of aromatic amines is 1. The van der Waals surface area contributed by atoms with Gasteiger partial charge < -0.3 is 9.72 Å². The Morgan fingerprint density at radius 1 is 1.43 bits per heavy atom. The van der Waals surface area contributed by atoms with Crippen LogP contribution in [0.2, 0.25) is 0 Å². The molecule has 0 bridgehead atoms. The number of carbonyl (C=O) groups is 1. The van der Waals surface area contributed by atoms with Crippen LogP contribution in [-0.2, 0) is 16.0 Å². The predicted molar refractivity (Wildman–Crippen MR) is 106 cm³/mol. The molecule has 0 spiro atoms. The van der Waals surface area contributed by atoms with E-state index >= 15 is 0 Å². The molecule has 3 heterocycles. The molecular weight excluding hydrogens is 358 g/mol. The summed E-state index contributed by atoms with van der Waals surface area (Å²) in [6, 6.07) is 5.33. The standard InChI is InChI=1S/C21H27N3O4/c1-3-21(10-7-18(25)28-2)9-4-11-23-12-8-16-15-6-5-14(24(26)27)13-17(15)22-19(16)20(21)23/h5-6,13,20,22H,3-4,7-12H2,1-2H3/t20-,21-/m1/s1. The largest absolute Gasteiger partial charge is 0.469 e. The Morgan fingerprint density at radius 2 is 2.25 bits per heavy atom. The number of nitro benzene ring substituents is 1. The highest BCUT2D eigenvalue weighted by atomic mass is 16.6. The highest BCUT2D eigenvalue weighted by Crippen LogP contribution is 2.54. The minimum Gasteiger partial charge on any atom is -0.469 e. The molecule has 1 N–H and O–H groups in total. The SMILES string of the molecule is CC[C@]1(CCC(=O)OC)CCCN2CCc3c([nH]c4cc([N+](=O)[O-])ccc34)[C@@H]21. The lowest BCUT2D eigenvalue weighted by atomic mass is 9.65. The fourth-order valence-electron chi connectivity index (χ4n) is 5.41. The van der Waals surface area contributed by atoms with Crippen LogP contribution in [0.3, 0.4) is 0 Å². The normalized spacial score (nSPS) is 24.6. The summed E-state index contributed by atoms with van der Waals surface area (Å²) in [5, 5.41) is 12.3. The van der Waals surface area contributed by atoms with Crippen molar-refractivity contribution in [2.45, 2.75) is 51.5 Å². The third-order valence-corrected chi connectivity index (χ3v) is 6.88. The van der Waals surface area contributed by atoms with E-state index in [0.29, 0.717) is 6.42 Å². The maximum absolute atomic E-state index is 11.9. The molecule has 2 aromatic rings. The minimum absolute atomic E-state index is 0.00835. The van der Waals surface area contributed by atoms with Crippen molar-refractivity contribution >= 4 is 22.6 Å². The highest BCUT2D eigenvalue weighted by Gasteiger charge is 2.47. The van der Waals surface area contributed by atoms with Crippen molar-refractivity contribution in [3.8, 4) is 0 Å². The van der Waals surface area contributed by atoms with E-state index in [1.165, 1.54) is 18.4 Å². The van der Waals surface area contributed by atoms with Gasteiger partial charge in [0.05, 0.1) is 23.6 Å². The first-order valence-electron chi connectivity index (χ1n) is 10.1. The maximum atomic E-state index is 11.9. The van der Waals surface area contributed by atoms with Crippen molar-refractivity contribution in [1.29, 1.82) is 0 Å². The van der Waals surface area contributed by atoms with Crippen molar-refractivity contribution in [3.63, 3.8) is 0 Å². The van der Waals surface area contributed by atoms with E-state index in [2.05, 4.69) is 16.8 Å². The molecule has 0 amide bonds. The third kappa shape index (κ3) is 2.98. The smallest absolute Gasteiger partial charge is 0.305 e. The van der Waals surface area contributed by atoms with Crippen LogP contribution >= 0.6 is 0 Å². The van der Waals surface area contributed by atoms with E-state index in [0.717, 1.165) is 56.1 Å². The van der Waals surface area contributed by atoms with Crippen LogP contribution in [0.25, 0.3) is 10.9 Å². The maximum Gasteiger partial charge on any atom is 0.305 e. The first-order chi connectivity index (χ1) is 13.5. The van der Waals surface area contributed by atoms with E-state index in [9.17, 15) is 14.9 Å². The number of ether oxygens (including phenoxy) is 1. The van der Waals surface area contributed by atoms with Crippen LogP contribution in [0.5, 0.6) is 0 Å². The second-order valence-corrected chi connectivity index (χ2v) is 8.09. The van der Waals surface area contributed by atoms with Gasteiger partial charge in [-0.15, -0.1) is 0 Å². The molecule has 1 saturated heterocycles. The van der Waals surface area contributed by atoms with Crippen LogP contribution in [0.15, 0.2) is 18.2 Å². The molecule has 7 heteroatoms. The first kappa shape index (κ1) is 18.9. The van der Waals surface area contributed by atoms with Gasteiger partial charge in [-0.25, -0.2) is 0 Å². The number of fused-ring (bicyclic) bond motifs is 5. The van der Waals surface area contributed by atoms with Crippen LogP contribution in [-0.4, -0.2) is 41.0 Å². The molecule has 0 unspecified atom stereocenters. The fourth-order valence-corrected chi connectivity index (χ4v) is 5.41. The average molecular weight is 385 g/mol. The quantitative estimate of drug-likeness (QED) is 0.475. The third-order valence-electron chi connectivity index (χ3n) is 6.88. The second-order valence-electron chi connectivity index (χ2n) is 8.09. The molecule has 1 aromatic heterocycles. The number of hydrogen-bond acceptors (Lipinski definition) is 5. The number of piperidine rings is 1. The molecule has 4 rings (SSSR count). The summed E-state index contributed by atoms with van der Waals surface area (Å²) in [7, 11) is 1.44. The van der Waals surface area contributed by atoms with Gasteiger partial charge in [-0.05, 0) is 55.7 Å². The van der Waals surface area contributed by atoms with Gasteiger partial charge in [0.25, 0.3) is 5.69 Å². The molecule has 2 aliphatic rings. The molecular formula is C21H27N3O4. The average Bonchev–Trinajstić information content (AvgIpc) is 3.09. The van der Waals surface area contributed by atoms with Gasteiger partial charge in [0.1, 0.15) is 0 Å². The number of hydrogen-bond donors (Lipinski definition) is 1. The van der Waals surface area contributed by atoms with Gasteiger partial charge in [-0.2, -0.15) is 0 Å². The number of aromatic nitrogens is 1. The number of rotatable bonds is 5. The number of H-pyrrole nitrogens is 1. The fraction of sp³-hybridized carbons (Fsp3) is 0.571. The lowest BCUT2D eigenvalue weighted by molar-refractivity contribution is -0.384. The summed E-state index contributed by atoms with van der Waals surface area (Å²) in [6.45, 7) is 4.25. The molecule has 1 aromatic carbocycles. The Bertz CT molecular complexity index is 922.